The molecule has 0 aliphatic carbocycles. The molecule has 118 valence electrons. The van der Waals surface area contributed by atoms with Crippen molar-refractivity contribution >= 4 is 0 Å². The minimum absolute atomic E-state index is 0.136. The van der Waals surface area contributed by atoms with E-state index < -0.39 is 6.10 Å². The van der Waals surface area contributed by atoms with Crippen molar-refractivity contribution in [3.05, 3.63) is 23.8 Å². The molecule has 1 aromatic carbocycles. The van der Waals surface area contributed by atoms with Gasteiger partial charge in [0.2, 0.25) is 0 Å². The number of β-amino-alcohol motifs (C(OH)–C–C–N with tert-alkyl or cyclic N) is 1. The third-order valence-electron chi connectivity index (χ3n) is 4.12. The molecule has 2 atom stereocenters. The van der Waals surface area contributed by atoms with Gasteiger partial charge in [-0.1, -0.05) is 13.0 Å². The summed E-state index contributed by atoms with van der Waals surface area (Å²) < 4.78 is 11.0. The Kier molecular flexibility index (Phi) is 5.45. The Bertz CT molecular complexity index is 466. The monoisotopic (exact) mass is 295 g/mol. The number of aliphatic hydroxyl groups excluding tert-OH is 2. The predicted octanol–water partition coefficient (Wildman–Crippen LogP) is 1.63. The fourth-order valence-electron chi connectivity index (χ4n) is 2.37. The van der Waals surface area contributed by atoms with Gasteiger partial charge in [-0.3, -0.25) is 0 Å². The molecule has 1 heterocycles. The van der Waals surface area contributed by atoms with Crippen LogP contribution in [0.15, 0.2) is 18.2 Å². The molecular weight excluding hydrogens is 270 g/mol. The number of nitrogens with one attached hydrogen (secondary N) is 1. The molecule has 0 radical (unpaired) electrons. The molecule has 0 spiro atoms. The van der Waals surface area contributed by atoms with Gasteiger partial charge >= 0.3 is 0 Å². The van der Waals surface area contributed by atoms with E-state index in [0.717, 1.165) is 17.7 Å². The van der Waals surface area contributed by atoms with E-state index in [9.17, 15) is 5.11 Å². The summed E-state index contributed by atoms with van der Waals surface area (Å²) in [4.78, 5) is 0. The van der Waals surface area contributed by atoms with Gasteiger partial charge < -0.3 is 25.0 Å². The summed E-state index contributed by atoms with van der Waals surface area (Å²) in [5.41, 5.74) is 0.637. The summed E-state index contributed by atoms with van der Waals surface area (Å²) in [6.45, 7) is 5.79. The second-order valence-corrected chi connectivity index (χ2v) is 5.69. The smallest absolute Gasteiger partial charge is 0.161 e. The van der Waals surface area contributed by atoms with E-state index in [1.165, 1.54) is 0 Å². The molecule has 5 nitrogen and oxygen atoms in total. The highest BCUT2D eigenvalue weighted by atomic mass is 16.6. The van der Waals surface area contributed by atoms with Gasteiger partial charge in [0.15, 0.2) is 11.5 Å². The van der Waals surface area contributed by atoms with Crippen LogP contribution in [0.2, 0.25) is 0 Å². The Morgan fingerprint density at radius 2 is 2.00 bits per heavy atom. The molecule has 5 heteroatoms. The van der Waals surface area contributed by atoms with Crippen molar-refractivity contribution in [3.63, 3.8) is 0 Å². The molecule has 21 heavy (non-hydrogen) atoms. The first-order valence-electron chi connectivity index (χ1n) is 7.51. The van der Waals surface area contributed by atoms with Crippen LogP contribution in [-0.2, 0) is 0 Å². The van der Waals surface area contributed by atoms with Crippen molar-refractivity contribution in [2.75, 3.05) is 26.4 Å². The number of fused-ring (bicyclic) bond motifs is 1. The number of rotatable bonds is 7. The first kappa shape index (κ1) is 16.1. The van der Waals surface area contributed by atoms with E-state index in [0.29, 0.717) is 31.9 Å². The summed E-state index contributed by atoms with van der Waals surface area (Å²) in [5, 5.41) is 22.8. The van der Waals surface area contributed by atoms with Crippen molar-refractivity contribution in [2.24, 2.45) is 0 Å². The zero-order valence-corrected chi connectivity index (χ0v) is 12.8. The molecule has 0 saturated carbocycles. The van der Waals surface area contributed by atoms with Crippen molar-refractivity contribution < 1.29 is 19.7 Å². The van der Waals surface area contributed by atoms with E-state index in [4.69, 9.17) is 14.6 Å². The first-order chi connectivity index (χ1) is 10.1. The second kappa shape index (κ2) is 7.11. The van der Waals surface area contributed by atoms with Gasteiger partial charge in [-0.2, -0.15) is 0 Å². The largest absolute Gasteiger partial charge is 0.486 e. The van der Waals surface area contributed by atoms with Crippen LogP contribution in [0.5, 0.6) is 11.5 Å². The van der Waals surface area contributed by atoms with Gasteiger partial charge in [-0.25, -0.2) is 0 Å². The Hall–Kier alpha value is -1.30. The quantitative estimate of drug-likeness (QED) is 0.713. The van der Waals surface area contributed by atoms with Crippen molar-refractivity contribution in [2.45, 2.75) is 38.3 Å². The van der Waals surface area contributed by atoms with Crippen LogP contribution in [0.4, 0.5) is 0 Å². The minimum Gasteiger partial charge on any atom is -0.486 e. The molecule has 0 aromatic heterocycles. The highest BCUT2D eigenvalue weighted by molar-refractivity contribution is 5.44. The maximum atomic E-state index is 10.3. The molecular formula is C16H25NO4. The Balaban J connectivity index is 1.98. The summed E-state index contributed by atoms with van der Waals surface area (Å²) in [5.74, 6) is 1.41. The predicted molar refractivity (Wildman–Crippen MR) is 80.8 cm³/mol. The van der Waals surface area contributed by atoms with E-state index >= 15 is 0 Å². The van der Waals surface area contributed by atoms with Gasteiger partial charge in [-0.15, -0.1) is 0 Å². The Labute approximate surface area is 125 Å². The number of hydrogen-bond donors (Lipinski definition) is 3. The van der Waals surface area contributed by atoms with Crippen LogP contribution in [0.3, 0.4) is 0 Å². The first-order valence-corrected chi connectivity index (χ1v) is 7.51. The summed E-state index contributed by atoms with van der Waals surface area (Å²) in [6.07, 6.45) is 0.934. The number of hydrogen-bond acceptors (Lipinski definition) is 5. The van der Waals surface area contributed by atoms with Gasteiger partial charge in [0.1, 0.15) is 13.2 Å². The number of ether oxygens (including phenoxy) is 2. The van der Waals surface area contributed by atoms with E-state index in [1.54, 1.807) is 0 Å². The lowest BCUT2D eigenvalue weighted by Crippen LogP contribution is -2.44. The third kappa shape index (κ3) is 4.09. The van der Waals surface area contributed by atoms with Crippen molar-refractivity contribution in [1.82, 2.24) is 5.32 Å². The maximum absolute atomic E-state index is 10.3. The molecule has 1 aromatic rings. The van der Waals surface area contributed by atoms with Gasteiger partial charge in [0.05, 0.1) is 6.10 Å². The molecule has 3 N–H and O–H groups in total. The van der Waals surface area contributed by atoms with Gasteiger partial charge in [0.25, 0.3) is 0 Å². The average Bonchev–Trinajstić information content (AvgIpc) is 2.52. The lowest BCUT2D eigenvalue weighted by molar-refractivity contribution is 0.143. The Morgan fingerprint density at radius 3 is 2.67 bits per heavy atom. The fraction of sp³-hybridized carbons (Fsp3) is 0.625. The maximum Gasteiger partial charge on any atom is 0.161 e. The zero-order chi connectivity index (χ0) is 15.3. The normalized spacial score (nSPS) is 18.1. The van der Waals surface area contributed by atoms with Crippen LogP contribution in [-0.4, -0.2) is 42.1 Å². The number of benzene rings is 1. The molecule has 0 saturated heterocycles. The molecule has 2 unspecified atom stereocenters. The molecule has 0 amide bonds. The standard InChI is InChI=1S/C16H25NO4/c1-3-16(2,6-7-18)17-11-13(19)12-4-5-14-15(10-12)21-9-8-20-14/h4-5,10,13,17-19H,3,6-9,11H2,1-2H3. The van der Waals surface area contributed by atoms with Crippen LogP contribution < -0.4 is 14.8 Å². The van der Waals surface area contributed by atoms with E-state index in [-0.39, 0.29) is 12.1 Å². The zero-order valence-electron chi connectivity index (χ0n) is 12.8. The molecule has 2 rings (SSSR count). The molecule has 1 aliphatic heterocycles. The average molecular weight is 295 g/mol. The SMILES string of the molecule is CCC(C)(CCO)NCC(O)c1ccc2c(c1)OCCO2. The molecule has 0 bridgehead atoms. The Morgan fingerprint density at radius 1 is 1.29 bits per heavy atom. The summed E-state index contributed by atoms with van der Waals surface area (Å²) >= 11 is 0. The van der Waals surface area contributed by atoms with Crippen molar-refractivity contribution in [3.8, 4) is 11.5 Å². The van der Waals surface area contributed by atoms with Gasteiger partial charge in [-0.05, 0) is 37.5 Å². The molecule has 1 aliphatic rings. The van der Waals surface area contributed by atoms with E-state index in [2.05, 4.69) is 19.2 Å². The fourth-order valence-corrected chi connectivity index (χ4v) is 2.37. The van der Waals surface area contributed by atoms with Crippen molar-refractivity contribution in [1.29, 1.82) is 0 Å². The highest BCUT2D eigenvalue weighted by Gasteiger charge is 2.22. The summed E-state index contributed by atoms with van der Waals surface area (Å²) in [6, 6.07) is 5.52. The number of aliphatic hydroxyl groups is 2. The van der Waals surface area contributed by atoms with Crippen LogP contribution in [0.25, 0.3) is 0 Å². The van der Waals surface area contributed by atoms with Crippen LogP contribution in [0, 0.1) is 0 Å². The van der Waals surface area contributed by atoms with Gasteiger partial charge in [0, 0.05) is 18.7 Å². The third-order valence-corrected chi connectivity index (χ3v) is 4.12. The lowest BCUT2D eigenvalue weighted by Gasteiger charge is -2.30. The van der Waals surface area contributed by atoms with E-state index in [1.807, 2.05) is 18.2 Å². The van der Waals surface area contributed by atoms with Crippen LogP contribution in [0.1, 0.15) is 38.4 Å². The second-order valence-electron chi connectivity index (χ2n) is 5.69. The molecule has 0 fully saturated rings. The lowest BCUT2D eigenvalue weighted by atomic mass is 9.94. The summed E-state index contributed by atoms with van der Waals surface area (Å²) in [7, 11) is 0. The topological polar surface area (TPSA) is 71.0 Å². The van der Waals surface area contributed by atoms with Crippen LogP contribution >= 0.6 is 0 Å². The highest BCUT2D eigenvalue weighted by Crippen LogP contribution is 2.32. The minimum atomic E-state index is -0.620.